The van der Waals surface area contributed by atoms with Crippen molar-refractivity contribution >= 4 is 5.69 Å². The van der Waals surface area contributed by atoms with Crippen LogP contribution in [0.4, 0.5) is 5.69 Å². The van der Waals surface area contributed by atoms with Crippen LogP contribution in [0.25, 0.3) is 0 Å². The SMILES string of the molecule is CC(N)C(CO)NCc1c(N)cccc1O. The van der Waals surface area contributed by atoms with Crippen molar-refractivity contribution in [3.05, 3.63) is 23.8 Å². The molecule has 2 atom stereocenters. The number of aliphatic hydroxyl groups excluding tert-OH is 1. The maximum atomic E-state index is 9.60. The molecule has 0 aliphatic heterocycles. The van der Waals surface area contributed by atoms with Crippen molar-refractivity contribution in [2.24, 2.45) is 5.73 Å². The number of nitrogens with two attached hydrogens (primary N) is 2. The fraction of sp³-hybridized carbons (Fsp3) is 0.455. The largest absolute Gasteiger partial charge is 0.508 e. The first-order valence-corrected chi connectivity index (χ1v) is 5.22. The summed E-state index contributed by atoms with van der Waals surface area (Å²) in [6.45, 7) is 2.14. The molecule has 1 rings (SSSR count). The third-order valence-electron chi connectivity index (χ3n) is 2.56. The van der Waals surface area contributed by atoms with Crippen LogP contribution < -0.4 is 16.8 Å². The fourth-order valence-corrected chi connectivity index (χ4v) is 1.43. The average molecular weight is 225 g/mol. The van der Waals surface area contributed by atoms with Crippen LogP contribution in [-0.2, 0) is 6.54 Å². The van der Waals surface area contributed by atoms with Gasteiger partial charge in [-0.1, -0.05) is 6.07 Å². The Kier molecular flexibility index (Phi) is 4.54. The van der Waals surface area contributed by atoms with Crippen LogP contribution in [-0.4, -0.2) is 28.9 Å². The molecule has 1 aromatic rings. The first kappa shape index (κ1) is 12.8. The minimum atomic E-state index is -0.209. The zero-order valence-electron chi connectivity index (χ0n) is 9.35. The number of anilines is 1. The van der Waals surface area contributed by atoms with E-state index < -0.39 is 0 Å². The number of rotatable bonds is 5. The van der Waals surface area contributed by atoms with Crippen molar-refractivity contribution in [1.82, 2.24) is 5.32 Å². The molecule has 0 spiro atoms. The predicted molar refractivity (Wildman–Crippen MR) is 63.9 cm³/mol. The Balaban J connectivity index is 2.67. The Bertz CT molecular complexity index is 322. The molecule has 2 unspecified atom stereocenters. The van der Waals surface area contributed by atoms with Crippen LogP contribution in [0, 0.1) is 0 Å². The lowest BCUT2D eigenvalue weighted by Crippen LogP contribution is -2.45. The number of nitrogen functional groups attached to an aromatic ring is 1. The van der Waals surface area contributed by atoms with Crippen molar-refractivity contribution < 1.29 is 10.2 Å². The quantitative estimate of drug-likeness (QED) is 0.445. The van der Waals surface area contributed by atoms with E-state index in [0.29, 0.717) is 17.8 Å². The van der Waals surface area contributed by atoms with E-state index in [1.54, 1.807) is 18.2 Å². The molecule has 5 heteroatoms. The second-order valence-electron chi connectivity index (χ2n) is 3.87. The van der Waals surface area contributed by atoms with Gasteiger partial charge in [-0.3, -0.25) is 0 Å². The topological polar surface area (TPSA) is 105 Å². The number of benzene rings is 1. The molecule has 0 aromatic heterocycles. The summed E-state index contributed by atoms with van der Waals surface area (Å²) >= 11 is 0. The molecule has 0 aliphatic carbocycles. The third kappa shape index (κ3) is 3.10. The number of phenols is 1. The standard InChI is InChI=1S/C11H19N3O2/c1-7(12)10(6-15)14-5-8-9(13)3-2-4-11(8)16/h2-4,7,10,14-16H,5-6,12-13H2,1H3. The van der Waals surface area contributed by atoms with Crippen molar-refractivity contribution in [1.29, 1.82) is 0 Å². The van der Waals surface area contributed by atoms with Gasteiger partial charge in [-0.25, -0.2) is 0 Å². The molecule has 1 aromatic carbocycles. The number of hydrogen-bond acceptors (Lipinski definition) is 5. The van der Waals surface area contributed by atoms with Crippen molar-refractivity contribution in [2.75, 3.05) is 12.3 Å². The molecular formula is C11H19N3O2. The smallest absolute Gasteiger partial charge is 0.122 e. The highest BCUT2D eigenvalue weighted by Gasteiger charge is 2.13. The minimum absolute atomic E-state index is 0.0504. The summed E-state index contributed by atoms with van der Waals surface area (Å²) in [7, 11) is 0. The van der Waals surface area contributed by atoms with Gasteiger partial charge in [-0.15, -0.1) is 0 Å². The lowest BCUT2D eigenvalue weighted by atomic mass is 10.1. The van der Waals surface area contributed by atoms with Crippen LogP contribution in [0.5, 0.6) is 5.75 Å². The Labute approximate surface area is 95.1 Å². The monoisotopic (exact) mass is 225 g/mol. The number of hydrogen-bond donors (Lipinski definition) is 5. The zero-order valence-corrected chi connectivity index (χ0v) is 9.35. The Hall–Kier alpha value is -1.30. The highest BCUT2D eigenvalue weighted by molar-refractivity contribution is 5.53. The van der Waals surface area contributed by atoms with E-state index >= 15 is 0 Å². The van der Waals surface area contributed by atoms with E-state index in [0.717, 1.165) is 0 Å². The number of aliphatic hydroxyl groups is 1. The molecule has 0 aliphatic rings. The molecule has 0 radical (unpaired) electrons. The summed E-state index contributed by atoms with van der Waals surface area (Å²) < 4.78 is 0. The second kappa shape index (κ2) is 5.69. The molecule has 0 saturated heterocycles. The van der Waals surface area contributed by atoms with Gasteiger partial charge < -0.3 is 27.0 Å². The van der Waals surface area contributed by atoms with Crippen molar-refractivity contribution in [3.8, 4) is 5.75 Å². The van der Waals surface area contributed by atoms with Gasteiger partial charge >= 0.3 is 0 Å². The Morgan fingerprint density at radius 1 is 1.44 bits per heavy atom. The summed E-state index contributed by atoms with van der Waals surface area (Å²) in [5.41, 5.74) is 12.6. The van der Waals surface area contributed by atoms with Crippen LogP contribution in [0.3, 0.4) is 0 Å². The predicted octanol–water partition coefficient (Wildman–Crippen LogP) is -0.228. The van der Waals surface area contributed by atoms with Gasteiger partial charge in [0.25, 0.3) is 0 Å². The summed E-state index contributed by atoms with van der Waals surface area (Å²) in [6, 6.07) is 4.60. The highest BCUT2D eigenvalue weighted by Crippen LogP contribution is 2.22. The molecule has 5 nitrogen and oxygen atoms in total. The molecular weight excluding hydrogens is 206 g/mol. The molecule has 0 fully saturated rings. The Morgan fingerprint density at radius 2 is 2.12 bits per heavy atom. The van der Waals surface area contributed by atoms with E-state index in [9.17, 15) is 5.11 Å². The van der Waals surface area contributed by atoms with Crippen LogP contribution in [0.1, 0.15) is 12.5 Å². The lowest BCUT2D eigenvalue weighted by Gasteiger charge is -2.20. The molecule has 7 N–H and O–H groups in total. The average Bonchev–Trinajstić information content (AvgIpc) is 2.22. The van der Waals surface area contributed by atoms with E-state index in [4.69, 9.17) is 16.6 Å². The van der Waals surface area contributed by atoms with Crippen LogP contribution in [0.2, 0.25) is 0 Å². The van der Waals surface area contributed by atoms with Crippen molar-refractivity contribution in [3.63, 3.8) is 0 Å². The first-order valence-electron chi connectivity index (χ1n) is 5.22. The van der Waals surface area contributed by atoms with Crippen LogP contribution in [0.15, 0.2) is 18.2 Å². The number of phenolic OH excluding ortho intramolecular Hbond substituents is 1. The zero-order chi connectivity index (χ0) is 12.1. The molecule has 90 valence electrons. The summed E-state index contributed by atoms with van der Waals surface area (Å²) in [6.07, 6.45) is 0. The Morgan fingerprint density at radius 3 is 2.62 bits per heavy atom. The minimum Gasteiger partial charge on any atom is -0.508 e. The first-order chi connectivity index (χ1) is 7.56. The normalized spacial score (nSPS) is 14.7. The van der Waals surface area contributed by atoms with E-state index in [2.05, 4.69) is 5.32 Å². The number of aromatic hydroxyl groups is 1. The second-order valence-corrected chi connectivity index (χ2v) is 3.87. The molecule has 0 bridgehead atoms. The van der Waals surface area contributed by atoms with E-state index in [1.165, 1.54) is 0 Å². The van der Waals surface area contributed by atoms with Gasteiger partial charge in [-0.05, 0) is 19.1 Å². The van der Waals surface area contributed by atoms with Gasteiger partial charge in [-0.2, -0.15) is 0 Å². The maximum absolute atomic E-state index is 9.60. The van der Waals surface area contributed by atoms with Gasteiger partial charge in [0, 0.05) is 29.9 Å². The van der Waals surface area contributed by atoms with Gasteiger partial charge in [0.2, 0.25) is 0 Å². The number of nitrogens with one attached hydrogen (secondary N) is 1. The van der Waals surface area contributed by atoms with Crippen molar-refractivity contribution in [2.45, 2.75) is 25.6 Å². The highest BCUT2D eigenvalue weighted by atomic mass is 16.3. The van der Waals surface area contributed by atoms with Gasteiger partial charge in [0.15, 0.2) is 0 Å². The third-order valence-corrected chi connectivity index (χ3v) is 2.56. The van der Waals surface area contributed by atoms with E-state index in [1.807, 2.05) is 6.92 Å². The molecule has 0 heterocycles. The summed E-state index contributed by atoms with van der Waals surface area (Å²) in [5.74, 6) is 0.147. The molecule has 0 amide bonds. The maximum Gasteiger partial charge on any atom is 0.122 e. The van der Waals surface area contributed by atoms with E-state index in [-0.39, 0.29) is 24.4 Å². The van der Waals surface area contributed by atoms with Crippen LogP contribution >= 0.6 is 0 Å². The lowest BCUT2D eigenvalue weighted by molar-refractivity contribution is 0.226. The summed E-state index contributed by atoms with van der Waals surface area (Å²) in [5, 5.41) is 21.7. The molecule has 0 saturated carbocycles. The fourth-order valence-electron chi connectivity index (χ4n) is 1.43. The molecule has 16 heavy (non-hydrogen) atoms. The van der Waals surface area contributed by atoms with Gasteiger partial charge in [0.05, 0.1) is 6.61 Å². The van der Waals surface area contributed by atoms with Gasteiger partial charge in [0.1, 0.15) is 5.75 Å². The summed E-state index contributed by atoms with van der Waals surface area (Å²) in [4.78, 5) is 0.